The van der Waals surface area contributed by atoms with Gasteiger partial charge < -0.3 is 24.6 Å². The van der Waals surface area contributed by atoms with Crippen LogP contribution in [-0.2, 0) is 4.79 Å². The molecule has 3 rings (SSSR count). The second-order valence-electron chi connectivity index (χ2n) is 4.90. The Morgan fingerprint density at radius 1 is 1.29 bits per heavy atom. The minimum absolute atomic E-state index is 0.0434. The van der Waals surface area contributed by atoms with E-state index in [0.717, 1.165) is 12.8 Å². The number of nitrogens with one attached hydrogen (secondary N) is 1. The summed E-state index contributed by atoms with van der Waals surface area (Å²) in [6.45, 7) is 0.660. The standard InChI is InChI=1S/C14H15NO6/c16-13-9(3-1-2-4-15-13)21-10-6-12-11(19-7-20-12)5-8(10)14(17)18/h5-6,9H,1-4,7H2,(H,15,16)(H,17,18). The summed E-state index contributed by atoms with van der Waals surface area (Å²) in [5, 5.41) is 12.0. The highest BCUT2D eigenvalue weighted by atomic mass is 16.7. The van der Waals surface area contributed by atoms with E-state index in [1.807, 2.05) is 0 Å². The van der Waals surface area contributed by atoms with Crippen molar-refractivity contribution in [3.05, 3.63) is 17.7 Å². The number of carbonyl (C=O) groups excluding carboxylic acids is 1. The Hall–Kier alpha value is -2.44. The smallest absolute Gasteiger partial charge is 0.339 e. The lowest BCUT2D eigenvalue weighted by atomic mass is 10.1. The largest absolute Gasteiger partial charge is 0.480 e. The lowest BCUT2D eigenvalue weighted by Gasteiger charge is -2.17. The van der Waals surface area contributed by atoms with Crippen LogP contribution >= 0.6 is 0 Å². The van der Waals surface area contributed by atoms with Gasteiger partial charge in [-0.2, -0.15) is 0 Å². The topological polar surface area (TPSA) is 94.1 Å². The average Bonchev–Trinajstić information content (AvgIpc) is 2.82. The minimum atomic E-state index is -1.14. The number of hydrogen-bond acceptors (Lipinski definition) is 5. The number of benzene rings is 1. The van der Waals surface area contributed by atoms with Crippen LogP contribution in [0.2, 0.25) is 0 Å². The molecule has 0 aromatic heterocycles. The molecule has 0 radical (unpaired) electrons. The number of carbonyl (C=O) groups is 2. The first kappa shape index (κ1) is 13.5. The molecule has 1 saturated heterocycles. The molecule has 2 heterocycles. The Labute approximate surface area is 120 Å². The molecule has 21 heavy (non-hydrogen) atoms. The minimum Gasteiger partial charge on any atom is -0.480 e. The second kappa shape index (κ2) is 5.51. The summed E-state index contributed by atoms with van der Waals surface area (Å²) in [4.78, 5) is 23.2. The van der Waals surface area contributed by atoms with Gasteiger partial charge in [-0.15, -0.1) is 0 Å². The number of aromatic carboxylic acids is 1. The molecule has 0 aliphatic carbocycles. The molecule has 1 fully saturated rings. The first-order valence-corrected chi connectivity index (χ1v) is 6.76. The number of carboxylic acids is 1. The summed E-state index contributed by atoms with van der Waals surface area (Å²) in [5.41, 5.74) is -0.0451. The van der Waals surface area contributed by atoms with Crippen LogP contribution in [0.25, 0.3) is 0 Å². The van der Waals surface area contributed by atoms with Crippen LogP contribution in [0.15, 0.2) is 12.1 Å². The van der Waals surface area contributed by atoms with Crippen LogP contribution in [0.4, 0.5) is 0 Å². The van der Waals surface area contributed by atoms with Crippen LogP contribution in [0.3, 0.4) is 0 Å². The predicted octanol–water partition coefficient (Wildman–Crippen LogP) is 1.16. The number of carboxylic acid groups (broad SMARTS) is 1. The third-order valence-corrected chi connectivity index (χ3v) is 3.46. The third-order valence-electron chi connectivity index (χ3n) is 3.46. The molecule has 2 aliphatic rings. The number of ether oxygens (including phenoxy) is 3. The van der Waals surface area contributed by atoms with Gasteiger partial charge in [0.2, 0.25) is 6.79 Å². The molecule has 0 spiro atoms. The van der Waals surface area contributed by atoms with Gasteiger partial charge in [-0.1, -0.05) is 0 Å². The van der Waals surface area contributed by atoms with Crippen molar-refractivity contribution >= 4 is 11.9 Å². The molecule has 7 nitrogen and oxygen atoms in total. The van der Waals surface area contributed by atoms with Crippen LogP contribution in [0.5, 0.6) is 17.2 Å². The molecule has 2 N–H and O–H groups in total. The first-order chi connectivity index (χ1) is 10.1. The summed E-state index contributed by atoms with van der Waals surface area (Å²) in [6.07, 6.45) is 1.60. The van der Waals surface area contributed by atoms with Crippen molar-refractivity contribution in [2.24, 2.45) is 0 Å². The molecule has 1 amide bonds. The van der Waals surface area contributed by atoms with E-state index in [0.29, 0.717) is 24.5 Å². The molecule has 7 heteroatoms. The van der Waals surface area contributed by atoms with Crippen molar-refractivity contribution in [3.8, 4) is 17.2 Å². The zero-order valence-corrected chi connectivity index (χ0v) is 11.3. The molecule has 112 valence electrons. The van der Waals surface area contributed by atoms with Crippen molar-refractivity contribution in [1.29, 1.82) is 0 Å². The Morgan fingerprint density at radius 3 is 2.81 bits per heavy atom. The summed E-state index contributed by atoms with van der Waals surface area (Å²) in [7, 11) is 0. The number of hydrogen-bond donors (Lipinski definition) is 2. The summed E-state index contributed by atoms with van der Waals surface area (Å²) in [6, 6.07) is 2.82. The van der Waals surface area contributed by atoms with Crippen molar-refractivity contribution in [2.75, 3.05) is 13.3 Å². The van der Waals surface area contributed by atoms with Gasteiger partial charge in [-0.25, -0.2) is 4.79 Å². The Balaban J connectivity index is 1.90. The summed E-state index contributed by atoms with van der Waals surface area (Å²) in [5.74, 6) is -0.457. The lowest BCUT2D eigenvalue weighted by Crippen LogP contribution is -2.36. The van der Waals surface area contributed by atoms with E-state index in [2.05, 4.69) is 5.32 Å². The van der Waals surface area contributed by atoms with E-state index < -0.39 is 12.1 Å². The molecule has 1 unspecified atom stereocenters. The van der Waals surface area contributed by atoms with Gasteiger partial charge in [0.15, 0.2) is 17.6 Å². The molecule has 2 aliphatic heterocycles. The quantitative estimate of drug-likeness (QED) is 0.868. The van der Waals surface area contributed by atoms with E-state index >= 15 is 0 Å². The molecule has 0 bridgehead atoms. The summed E-state index contributed by atoms with van der Waals surface area (Å²) < 4.78 is 16.0. The normalized spacial score (nSPS) is 20.6. The number of rotatable bonds is 3. The average molecular weight is 293 g/mol. The summed E-state index contributed by atoms with van der Waals surface area (Å²) >= 11 is 0. The monoisotopic (exact) mass is 293 g/mol. The Kier molecular flexibility index (Phi) is 3.55. The van der Waals surface area contributed by atoms with Crippen molar-refractivity contribution in [3.63, 3.8) is 0 Å². The SMILES string of the molecule is O=C(O)c1cc2c(cc1OC1CCCCNC1=O)OCO2. The highest BCUT2D eigenvalue weighted by Crippen LogP contribution is 2.38. The van der Waals surface area contributed by atoms with Gasteiger partial charge in [0.05, 0.1) is 0 Å². The van der Waals surface area contributed by atoms with E-state index in [4.69, 9.17) is 14.2 Å². The fourth-order valence-electron chi connectivity index (χ4n) is 2.36. The van der Waals surface area contributed by atoms with Gasteiger partial charge in [0, 0.05) is 18.7 Å². The van der Waals surface area contributed by atoms with Crippen LogP contribution in [0, 0.1) is 0 Å². The van der Waals surface area contributed by atoms with E-state index in [-0.39, 0.29) is 24.0 Å². The lowest BCUT2D eigenvalue weighted by molar-refractivity contribution is -0.127. The third kappa shape index (κ3) is 2.72. The number of amides is 1. The fourth-order valence-corrected chi connectivity index (χ4v) is 2.36. The Morgan fingerprint density at radius 2 is 2.05 bits per heavy atom. The second-order valence-corrected chi connectivity index (χ2v) is 4.90. The van der Waals surface area contributed by atoms with Gasteiger partial charge in [-0.05, 0) is 19.3 Å². The van der Waals surface area contributed by atoms with E-state index in [9.17, 15) is 14.7 Å². The van der Waals surface area contributed by atoms with Gasteiger partial charge >= 0.3 is 5.97 Å². The Bertz CT molecular complexity index is 585. The van der Waals surface area contributed by atoms with Gasteiger partial charge in [0.1, 0.15) is 11.3 Å². The molecular weight excluding hydrogens is 278 g/mol. The molecular formula is C14H15NO6. The maximum absolute atomic E-state index is 11.9. The highest BCUT2D eigenvalue weighted by molar-refractivity contribution is 5.92. The highest BCUT2D eigenvalue weighted by Gasteiger charge is 2.27. The van der Waals surface area contributed by atoms with Gasteiger partial charge in [0.25, 0.3) is 5.91 Å². The van der Waals surface area contributed by atoms with Crippen LogP contribution < -0.4 is 19.5 Å². The maximum Gasteiger partial charge on any atom is 0.339 e. The van der Waals surface area contributed by atoms with Crippen LogP contribution in [-0.4, -0.2) is 36.4 Å². The molecule has 1 aromatic rings. The van der Waals surface area contributed by atoms with Crippen LogP contribution in [0.1, 0.15) is 29.6 Å². The molecule has 1 atom stereocenters. The number of fused-ring (bicyclic) bond motifs is 1. The van der Waals surface area contributed by atoms with Crippen molar-refractivity contribution < 1.29 is 28.9 Å². The maximum atomic E-state index is 11.9. The first-order valence-electron chi connectivity index (χ1n) is 6.76. The molecule has 0 saturated carbocycles. The van der Waals surface area contributed by atoms with E-state index in [1.54, 1.807) is 0 Å². The zero-order chi connectivity index (χ0) is 14.8. The van der Waals surface area contributed by atoms with Gasteiger partial charge in [-0.3, -0.25) is 4.79 Å². The van der Waals surface area contributed by atoms with E-state index in [1.165, 1.54) is 12.1 Å². The zero-order valence-electron chi connectivity index (χ0n) is 11.3. The fraction of sp³-hybridized carbons (Fsp3) is 0.429. The predicted molar refractivity (Wildman–Crippen MR) is 70.8 cm³/mol. The molecule has 1 aromatic carbocycles. The van der Waals surface area contributed by atoms with Crippen molar-refractivity contribution in [1.82, 2.24) is 5.32 Å². The van der Waals surface area contributed by atoms with Crippen molar-refractivity contribution in [2.45, 2.75) is 25.4 Å².